The summed E-state index contributed by atoms with van der Waals surface area (Å²) < 4.78 is 13.3. The predicted octanol–water partition coefficient (Wildman–Crippen LogP) is 3.02. The molecule has 3 aliphatic rings. The van der Waals surface area contributed by atoms with Gasteiger partial charge in [-0.2, -0.15) is 5.10 Å². The first-order chi connectivity index (χ1) is 16.4. The van der Waals surface area contributed by atoms with Crippen LogP contribution in [0.1, 0.15) is 42.5 Å². The van der Waals surface area contributed by atoms with Crippen molar-refractivity contribution in [3.05, 3.63) is 59.9 Å². The molecule has 0 aromatic heterocycles. The van der Waals surface area contributed by atoms with Crippen molar-refractivity contribution in [3.8, 4) is 0 Å². The van der Waals surface area contributed by atoms with Gasteiger partial charge in [0.05, 0.1) is 23.4 Å². The lowest BCUT2D eigenvalue weighted by Gasteiger charge is -2.40. The summed E-state index contributed by atoms with van der Waals surface area (Å²) in [5.41, 5.74) is 1.60. The quantitative estimate of drug-likeness (QED) is 0.708. The fourth-order valence-corrected chi connectivity index (χ4v) is 5.23. The van der Waals surface area contributed by atoms with E-state index in [1.165, 1.54) is 12.1 Å². The van der Waals surface area contributed by atoms with Gasteiger partial charge in [-0.25, -0.2) is 4.39 Å². The molecule has 8 heteroatoms. The average Bonchev–Trinajstić information content (AvgIpc) is 3.48. The van der Waals surface area contributed by atoms with Gasteiger partial charge in [-0.15, -0.1) is 0 Å². The summed E-state index contributed by atoms with van der Waals surface area (Å²) in [4.78, 5) is 17.0. The molecule has 3 aliphatic heterocycles. The summed E-state index contributed by atoms with van der Waals surface area (Å²) in [5, 5.41) is 27.3. The summed E-state index contributed by atoms with van der Waals surface area (Å²) in [5.74, 6) is -0.309. The highest BCUT2D eigenvalue weighted by atomic mass is 19.1. The van der Waals surface area contributed by atoms with Gasteiger partial charge in [0.2, 0.25) is 0 Å². The molecule has 0 aliphatic carbocycles. The van der Waals surface area contributed by atoms with Gasteiger partial charge in [0.15, 0.2) is 0 Å². The largest absolute Gasteiger partial charge is 0.391 e. The van der Waals surface area contributed by atoms with Crippen LogP contribution in [0.5, 0.6) is 0 Å². The third-order valence-electron chi connectivity index (χ3n) is 7.26. The first kappa shape index (κ1) is 22.8. The number of halogens is 1. The molecule has 0 bridgehead atoms. The summed E-state index contributed by atoms with van der Waals surface area (Å²) in [6.45, 7) is 2.45. The van der Waals surface area contributed by atoms with Gasteiger partial charge >= 0.3 is 0 Å². The molecular formula is C26H31FN4O3. The van der Waals surface area contributed by atoms with Crippen LogP contribution >= 0.6 is 0 Å². The number of amides is 1. The molecule has 1 unspecified atom stereocenters. The highest BCUT2D eigenvalue weighted by molar-refractivity contribution is 5.94. The van der Waals surface area contributed by atoms with E-state index in [4.69, 9.17) is 0 Å². The number of piperidine rings is 1. The van der Waals surface area contributed by atoms with E-state index in [0.29, 0.717) is 44.5 Å². The zero-order valence-electron chi connectivity index (χ0n) is 19.2. The van der Waals surface area contributed by atoms with E-state index in [9.17, 15) is 19.4 Å². The molecule has 3 heterocycles. The molecule has 7 nitrogen and oxygen atoms in total. The normalized spacial score (nSPS) is 24.1. The van der Waals surface area contributed by atoms with Crippen LogP contribution in [0.25, 0.3) is 0 Å². The van der Waals surface area contributed by atoms with E-state index in [2.05, 4.69) is 10.0 Å². The number of aliphatic hydroxyl groups is 2. The molecule has 2 saturated heterocycles. The van der Waals surface area contributed by atoms with Crippen LogP contribution in [-0.4, -0.2) is 71.2 Å². The Balaban J connectivity index is 1.17. The Morgan fingerprint density at radius 3 is 2.35 bits per heavy atom. The summed E-state index contributed by atoms with van der Waals surface area (Å²) in [6.07, 6.45) is 4.61. The third-order valence-corrected chi connectivity index (χ3v) is 7.26. The van der Waals surface area contributed by atoms with Crippen molar-refractivity contribution in [3.63, 3.8) is 0 Å². The van der Waals surface area contributed by atoms with Gasteiger partial charge in [-0.05, 0) is 74.2 Å². The molecule has 2 fully saturated rings. The first-order valence-corrected chi connectivity index (χ1v) is 12.0. The zero-order chi connectivity index (χ0) is 23.7. The maximum atomic E-state index is 13.3. The summed E-state index contributed by atoms with van der Waals surface area (Å²) in [7, 11) is 0. The average molecular weight is 467 g/mol. The lowest BCUT2D eigenvalue weighted by atomic mass is 9.84. The smallest absolute Gasteiger partial charge is 0.253 e. The minimum Gasteiger partial charge on any atom is -0.391 e. The van der Waals surface area contributed by atoms with Crippen LogP contribution < -0.4 is 9.91 Å². The number of nitrogens with zero attached hydrogens (tertiary/aromatic N) is 4. The number of benzene rings is 2. The van der Waals surface area contributed by atoms with Crippen LogP contribution in [0.15, 0.2) is 53.6 Å². The maximum Gasteiger partial charge on any atom is 0.253 e. The van der Waals surface area contributed by atoms with Crippen molar-refractivity contribution >= 4 is 23.5 Å². The number of carbonyl (C=O) groups excluding carboxylic acids is 1. The highest BCUT2D eigenvalue weighted by Gasteiger charge is 2.38. The molecule has 0 radical (unpaired) electrons. The van der Waals surface area contributed by atoms with Crippen molar-refractivity contribution in [2.45, 2.75) is 49.9 Å². The lowest BCUT2D eigenvalue weighted by Crippen LogP contribution is -2.49. The summed E-state index contributed by atoms with van der Waals surface area (Å²) in [6, 6.07) is 13.8. The van der Waals surface area contributed by atoms with E-state index in [1.54, 1.807) is 12.1 Å². The fourth-order valence-electron chi connectivity index (χ4n) is 5.23. The number of aliphatic hydroxyl groups excluding tert-OH is 1. The van der Waals surface area contributed by atoms with Crippen LogP contribution in [0, 0.1) is 5.82 Å². The van der Waals surface area contributed by atoms with E-state index in [-0.39, 0.29) is 23.9 Å². The molecule has 2 atom stereocenters. The van der Waals surface area contributed by atoms with E-state index in [1.807, 2.05) is 40.4 Å². The second kappa shape index (κ2) is 9.35. The van der Waals surface area contributed by atoms with Gasteiger partial charge in [0.25, 0.3) is 5.91 Å². The minimum atomic E-state index is -0.867. The number of rotatable bonds is 5. The van der Waals surface area contributed by atoms with E-state index < -0.39 is 5.60 Å². The number of anilines is 2. The SMILES string of the molecule is O=C(c1ccc(N2CC[C@H](O)C2)cc1)N1CCC(O)(CC2CC=NN2c2ccc(F)cc2)CC1. The standard InChI is InChI=1S/C26H31FN4O3/c27-20-3-7-22(8-4-20)31-23(9-13-28-31)17-26(34)11-15-29(16-12-26)25(33)19-1-5-21(6-2-19)30-14-10-24(32)18-30/h1-8,13,23-24,32,34H,9-12,14-18H2/t23?,24-/m0/s1. The maximum absolute atomic E-state index is 13.3. The second-order valence-corrected chi connectivity index (χ2v) is 9.66. The van der Waals surface area contributed by atoms with Crippen LogP contribution in [0.3, 0.4) is 0 Å². The van der Waals surface area contributed by atoms with Gasteiger partial charge < -0.3 is 20.0 Å². The van der Waals surface area contributed by atoms with Crippen LogP contribution in [-0.2, 0) is 0 Å². The molecule has 2 N–H and O–H groups in total. The molecule has 1 amide bonds. The predicted molar refractivity (Wildman–Crippen MR) is 130 cm³/mol. The Morgan fingerprint density at radius 2 is 1.71 bits per heavy atom. The minimum absolute atomic E-state index is 0.00867. The number of β-amino-alcohol motifs (C(OH)–C–C–N with tert-alkyl or cyclic N) is 1. The fraction of sp³-hybridized carbons (Fsp3) is 0.462. The van der Waals surface area contributed by atoms with Gasteiger partial charge in [0, 0.05) is 50.1 Å². The van der Waals surface area contributed by atoms with E-state index in [0.717, 1.165) is 30.8 Å². The van der Waals surface area contributed by atoms with Crippen LogP contribution in [0.2, 0.25) is 0 Å². The monoisotopic (exact) mass is 466 g/mol. The molecule has 2 aromatic rings. The lowest BCUT2D eigenvalue weighted by molar-refractivity contribution is -0.0269. The number of hydrogen-bond acceptors (Lipinski definition) is 6. The van der Waals surface area contributed by atoms with Gasteiger partial charge in [-0.1, -0.05) is 0 Å². The number of carbonyl (C=O) groups is 1. The van der Waals surface area contributed by atoms with Crippen molar-refractivity contribution < 1.29 is 19.4 Å². The molecule has 0 saturated carbocycles. The Labute approximate surface area is 199 Å². The second-order valence-electron chi connectivity index (χ2n) is 9.66. The van der Waals surface area contributed by atoms with Crippen molar-refractivity contribution in [2.75, 3.05) is 36.1 Å². The van der Waals surface area contributed by atoms with Crippen LogP contribution in [0.4, 0.5) is 15.8 Å². The molecular weight excluding hydrogens is 435 g/mol. The topological polar surface area (TPSA) is 79.6 Å². The summed E-state index contributed by atoms with van der Waals surface area (Å²) >= 11 is 0. The third kappa shape index (κ3) is 4.79. The molecule has 2 aromatic carbocycles. The molecule has 5 rings (SSSR count). The Bertz CT molecular complexity index is 1040. The van der Waals surface area contributed by atoms with Crippen molar-refractivity contribution in [1.82, 2.24) is 4.90 Å². The van der Waals surface area contributed by atoms with Gasteiger partial charge in [0.1, 0.15) is 5.82 Å². The van der Waals surface area contributed by atoms with Crippen molar-refractivity contribution in [2.24, 2.45) is 5.10 Å². The van der Waals surface area contributed by atoms with Gasteiger partial charge in [-0.3, -0.25) is 9.80 Å². The molecule has 0 spiro atoms. The number of hydrogen-bond donors (Lipinski definition) is 2. The highest BCUT2D eigenvalue weighted by Crippen LogP contribution is 2.33. The zero-order valence-corrected chi connectivity index (χ0v) is 19.2. The number of likely N-dealkylation sites (tertiary alicyclic amines) is 1. The Hall–Kier alpha value is -2.97. The molecule has 34 heavy (non-hydrogen) atoms. The van der Waals surface area contributed by atoms with E-state index >= 15 is 0 Å². The Kier molecular flexibility index (Phi) is 6.27. The molecule has 180 valence electrons. The number of hydrazone groups is 1. The Morgan fingerprint density at radius 1 is 1.03 bits per heavy atom. The first-order valence-electron chi connectivity index (χ1n) is 12.0. The van der Waals surface area contributed by atoms with Crippen molar-refractivity contribution in [1.29, 1.82) is 0 Å².